The summed E-state index contributed by atoms with van der Waals surface area (Å²) in [6.45, 7) is 9.10. The maximum Gasteiger partial charge on any atom is 0.339 e. The Bertz CT molecular complexity index is 1050. The number of aromatic nitrogens is 5. The van der Waals surface area contributed by atoms with Crippen molar-refractivity contribution in [1.82, 2.24) is 24.6 Å². The molecule has 0 aliphatic carbocycles. The van der Waals surface area contributed by atoms with E-state index in [4.69, 9.17) is 4.74 Å². The van der Waals surface area contributed by atoms with E-state index in [-0.39, 0.29) is 5.78 Å². The fourth-order valence-electron chi connectivity index (χ4n) is 3.02. The number of ether oxygens (including phenoxy) is 1. The molecule has 3 aromatic heterocycles. The van der Waals surface area contributed by atoms with Crippen LogP contribution in [-0.4, -0.2) is 48.7 Å². The molecule has 8 nitrogen and oxygen atoms in total. The number of ketones is 1. The van der Waals surface area contributed by atoms with Gasteiger partial charge in [-0.25, -0.2) is 14.3 Å². The molecule has 27 heavy (non-hydrogen) atoms. The highest BCUT2D eigenvalue weighted by Gasteiger charge is 2.26. The predicted molar refractivity (Wildman–Crippen MR) is 102 cm³/mol. The van der Waals surface area contributed by atoms with E-state index in [0.29, 0.717) is 33.4 Å². The van der Waals surface area contributed by atoms with Crippen LogP contribution in [0.15, 0.2) is 11.2 Å². The second kappa shape index (κ2) is 7.15. The summed E-state index contributed by atoms with van der Waals surface area (Å²) < 4.78 is 6.46. The topological polar surface area (TPSA) is 102 Å². The molecule has 0 radical (unpaired) electrons. The van der Waals surface area contributed by atoms with Gasteiger partial charge in [-0.1, -0.05) is 11.8 Å². The van der Waals surface area contributed by atoms with Crippen molar-refractivity contribution < 1.29 is 14.3 Å². The van der Waals surface area contributed by atoms with Crippen LogP contribution in [0.5, 0.6) is 0 Å². The van der Waals surface area contributed by atoms with Crippen molar-refractivity contribution in [2.75, 3.05) is 7.11 Å². The lowest BCUT2D eigenvalue weighted by atomic mass is 10.1. The Morgan fingerprint density at radius 2 is 1.93 bits per heavy atom. The molecule has 0 fully saturated rings. The SMILES string of the molecule is COC(=O)c1c(C)[nH]c(C(=O)[C@H](C)Sc2nc3nc(C)cc(C)n3n2)c1C. The van der Waals surface area contributed by atoms with Gasteiger partial charge in [0.15, 0.2) is 5.78 Å². The van der Waals surface area contributed by atoms with E-state index in [9.17, 15) is 9.59 Å². The van der Waals surface area contributed by atoms with Gasteiger partial charge < -0.3 is 9.72 Å². The average molecular weight is 387 g/mol. The largest absolute Gasteiger partial charge is 0.465 e. The molecule has 142 valence electrons. The summed E-state index contributed by atoms with van der Waals surface area (Å²) in [5, 5.41) is 4.46. The number of hydrogen-bond acceptors (Lipinski definition) is 7. The first kappa shape index (κ1) is 19.1. The Kier molecular flexibility index (Phi) is 5.05. The smallest absolute Gasteiger partial charge is 0.339 e. The third-order valence-electron chi connectivity index (χ3n) is 4.32. The molecule has 0 amide bonds. The number of fused-ring (bicyclic) bond motifs is 1. The standard InChI is InChI=1S/C18H21N5O3S/c1-8-7-9(2)23-17(19-8)21-18(22-23)27-12(5)15(24)14-10(3)13(11(4)20-14)16(25)26-6/h7,12,20H,1-6H3/t12-/m0/s1. The molecule has 1 N–H and O–H groups in total. The summed E-state index contributed by atoms with van der Waals surface area (Å²) in [7, 11) is 1.32. The quantitative estimate of drug-likeness (QED) is 0.408. The van der Waals surface area contributed by atoms with Crippen LogP contribution in [0.25, 0.3) is 5.78 Å². The van der Waals surface area contributed by atoms with Crippen LogP contribution in [0.2, 0.25) is 0 Å². The molecular formula is C18H21N5O3S. The molecule has 0 bridgehead atoms. The Balaban J connectivity index is 1.87. The zero-order valence-corrected chi connectivity index (χ0v) is 16.9. The van der Waals surface area contributed by atoms with Crippen LogP contribution in [0.3, 0.4) is 0 Å². The first-order chi connectivity index (χ1) is 12.7. The molecule has 0 aliphatic heterocycles. The lowest BCUT2D eigenvalue weighted by Crippen LogP contribution is -2.15. The molecule has 3 aromatic rings. The Hall–Kier alpha value is -2.68. The molecule has 0 aliphatic rings. The van der Waals surface area contributed by atoms with Gasteiger partial charge >= 0.3 is 5.97 Å². The number of carbonyl (C=O) groups is 2. The van der Waals surface area contributed by atoms with Gasteiger partial charge in [-0.2, -0.15) is 4.98 Å². The number of H-pyrrole nitrogens is 1. The monoisotopic (exact) mass is 387 g/mol. The maximum absolute atomic E-state index is 12.9. The minimum atomic E-state index is -0.459. The Labute approximate surface area is 160 Å². The fourth-order valence-corrected chi connectivity index (χ4v) is 3.82. The summed E-state index contributed by atoms with van der Waals surface area (Å²) in [5.41, 5.74) is 3.80. The highest BCUT2D eigenvalue weighted by atomic mass is 32.2. The number of rotatable bonds is 5. The van der Waals surface area contributed by atoms with Crippen molar-refractivity contribution in [3.63, 3.8) is 0 Å². The molecular weight excluding hydrogens is 366 g/mol. The van der Waals surface area contributed by atoms with Gasteiger partial charge in [0.2, 0.25) is 5.16 Å². The third kappa shape index (κ3) is 3.46. The van der Waals surface area contributed by atoms with Crippen molar-refractivity contribution in [1.29, 1.82) is 0 Å². The first-order valence-electron chi connectivity index (χ1n) is 8.42. The van der Waals surface area contributed by atoms with Crippen molar-refractivity contribution in [2.24, 2.45) is 0 Å². The van der Waals surface area contributed by atoms with E-state index >= 15 is 0 Å². The molecule has 3 heterocycles. The molecule has 3 rings (SSSR count). The van der Waals surface area contributed by atoms with Gasteiger partial charge in [0, 0.05) is 17.1 Å². The van der Waals surface area contributed by atoms with Crippen LogP contribution >= 0.6 is 11.8 Å². The van der Waals surface area contributed by atoms with Crippen LogP contribution in [0, 0.1) is 27.7 Å². The number of nitrogens with one attached hydrogen (secondary N) is 1. The number of nitrogens with zero attached hydrogens (tertiary/aromatic N) is 4. The minimum Gasteiger partial charge on any atom is -0.465 e. The molecule has 0 spiro atoms. The van der Waals surface area contributed by atoms with Crippen molar-refractivity contribution >= 4 is 29.3 Å². The molecule has 0 saturated heterocycles. The lowest BCUT2D eigenvalue weighted by Gasteiger charge is -2.07. The van der Waals surface area contributed by atoms with Gasteiger partial charge in [-0.05, 0) is 46.2 Å². The Morgan fingerprint density at radius 1 is 1.22 bits per heavy atom. The number of thioether (sulfide) groups is 1. The van der Waals surface area contributed by atoms with Crippen LogP contribution in [0.4, 0.5) is 0 Å². The second-order valence-electron chi connectivity index (χ2n) is 6.39. The van der Waals surface area contributed by atoms with E-state index in [2.05, 4.69) is 20.1 Å². The van der Waals surface area contributed by atoms with Gasteiger partial charge in [-0.15, -0.1) is 5.10 Å². The van der Waals surface area contributed by atoms with Gasteiger partial charge in [0.05, 0.1) is 23.6 Å². The zero-order valence-electron chi connectivity index (χ0n) is 16.1. The molecule has 0 unspecified atom stereocenters. The fraction of sp³-hybridized carbons (Fsp3) is 0.389. The van der Waals surface area contributed by atoms with E-state index in [0.717, 1.165) is 11.4 Å². The lowest BCUT2D eigenvalue weighted by molar-refractivity contribution is 0.0599. The van der Waals surface area contributed by atoms with Crippen molar-refractivity contribution in [2.45, 2.75) is 45.0 Å². The highest BCUT2D eigenvalue weighted by molar-refractivity contribution is 8.00. The average Bonchev–Trinajstić information content (AvgIpc) is 3.13. The van der Waals surface area contributed by atoms with Gasteiger partial charge in [0.25, 0.3) is 5.78 Å². The Morgan fingerprint density at radius 3 is 2.59 bits per heavy atom. The van der Waals surface area contributed by atoms with Crippen molar-refractivity contribution in [3.05, 3.63) is 40.0 Å². The minimum absolute atomic E-state index is 0.129. The second-order valence-corrected chi connectivity index (χ2v) is 7.69. The number of esters is 1. The summed E-state index contributed by atoms with van der Waals surface area (Å²) in [5.74, 6) is -0.0791. The third-order valence-corrected chi connectivity index (χ3v) is 5.28. The highest BCUT2D eigenvalue weighted by Crippen LogP contribution is 2.26. The van der Waals surface area contributed by atoms with Gasteiger partial charge in [0.1, 0.15) is 0 Å². The normalized spacial score (nSPS) is 12.4. The summed E-state index contributed by atoms with van der Waals surface area (Å²) in [4.78, 5) is 36.6. The van der Waals surface area contributed by atoms with Gasteiger partial charge in [-0.3, -0.25) is 4.79 Å². The van der Waals surface area contributed by atoms with E-state index < -0.39 is 11.2 Å². The summed E-state index contributed by atoms with van der Waals surface area (Å²) in [6.07, 6.45) is 0. The number of aromatic amines is 1. The number of Topliss-reactive ketones (excluding diaryl/α,β-unsaturated/α-hetero) is 1. The molecule has 9 heteroatoms. The van der Waals surface area contributed by atoms with Crippen molar-refractivity contribution in [3.8, 4) is 0 Å². The van der Waals surface area contributed by atoms with Crippen LogP contribution in [-0.2, 0) is 4.74 Å². The number of carbonyl (C=O) groups excluding carboxylic acids is 2. The van der Waals surface area contributed by atoms with E-state index in [1.54, 1.807) is 25.3 Å². The first-order valence-corrected chi connectivity index (χ1v) is 9.30. The van der Waals surface area contributed by atoms with Crippen LogP contribution < -0.4 is 0 Å². The maximum atomic E-state index is 12.9. The molecule has 1 atom stereocenters. The number of aryl methyl sites for hydroxylation is 3. The van der Waals surface area contributed by atoms with E-state index in [1.165, 1.54) is 18.9 Å². The number of methoxy groups -OCH3 is 1. The predicted octanol–water partition coefficient (Wildman–Crippen LogP) is 2.84. The van der Waals surface area contributed by atoms with Crippen LogP contribution in [0.1, 0.15) is 50.4 Å². The molecule has 0 saturated carbocycles. The number of hydrogen-bond donors (Lipinski definition) is 1. The zero-order chi connectivity index (χ0) is 19.9. The van der Waals surface area contributed by atoms with E-state index in [1.807, 2.05) is 19.9 Å². The summed E-state index contributed by atoms with van der Waals surface area (Å²) >= 11 is 1.26. The molecule has 0 aromatic carbocycles. The summed E-state index contributed by atoms with van der Waals surface area (Å²) in [6, 6.07) is 1.92.